The molecule has 0 unspecified atom stereocenters. The Balaban J connectivity index is 0.000000221. The lowest BCUT2D eigenvalue weighted by atomic mass is 9.98. The first-order valence-electron chi connectivity index (χ1n) is 18.7. The lowest BCUT2D eigenvalue weighted by Gasteiger charge is -2.40. The van der Waals surface area contributed by atoms with E-state index < -0.39 is 31.2 Å². The lowest BCUT2D eigenvalue weighted by molar-refractivity contribution is 0.0780. The van der Waals surface area contributed by atoms with Crippen LogP contribution in [0.15, 0.2) is 95.0 Å². The van der Waals surface area contributed by atoms with Crippen LogP contribution in [0.1, 0.15) is 52.7 Å². The number of piperazine rings is 2. The molecule has 6 N–H and O–H groups in total. The number of nitrogens with two attached hydrogens (primary N) is 2. The van der Waals surface area contributed by atoms with Crippen LogP contribution in [-0.4, -0.2) is 97.0 Å². The predicted octanol–water partition coefficient (Wildman–Crippen LogP) is 3.59. The molecule has 6 rings (SSSR count). The largest absolute Gasteiger partial charge is 0.386 e. The number of hydrogen-bond acceptors (Lipinski definition) is 12. The van der Waals surface area contributed by atoms with Crippen LogP contribution < -0.4 is 21.3 Å². The second-order valence-corrected chi connectivity index (χ2v) is 18.9. The van der Waals surface area contributed by atoms with Crippen molar-refractivity contribution in [1.82, 2.24) is 18.6 Å². The van der Waals surface area contributed by atoms with Crippen molar-refractivity contribution in [3.63, 3.8) is 0 Å². The third-order valence-electron chi connectivity index (χ3n) is 9.91. The van der Waals surface area contributed by atoms with Crippen LogP contribution in [0.4, 0.5) is 23.0 Å². The highest BCUT2D eigenvalue weighted by Gasteiger charge is 2.35. The first-order chi connectivity index (χ1) is 27.2. The van der Waals surface area contributed by atoms with Crippen molar-refractivity contribution in [2.45, 2.75) is 74.6 Å². The van der Waals surface area contributed by atoms with Gasteiger partial charge < -0.3 is 31.5 Å². The quantitative estimate of drug-likeness (QED) is 0.189. The van der Waals surface area contributed by atoms with Crippen LogP contribution in [0.2, 0.25) is 0 Å². The normalized spacial score (nSPS) is 18.2. The van der Waals surface area contributed by atoms with Gasteiger partial charge in [0.1, 0.15) is 33.5 Å². The number of anilines is 4. The maximum Gasteiger partial charge on any atom is 0.244 e. The monoisotopic (exact) mass is 828 g/mol. The van der Waals surface area contributed by atoms with Crippen LogP contribution in [0.25, 0.3) is 0 Å². The Hall–Kier alpha value is -5.20. The topological polar surface area (TPSA) is 200 Å². The Morgan fingerprint density at radius 3 is 1.21 bits per heavy atom. The van der Waals surface area contributed by atoms with E-state index in [-0.39, 0.29) is 46.6 Å². The van der Waals surface area contributed by atoms with E-state index in [1.165, 1.54) is 45.3 Å². The molecule has 308 valence electrons. The van der Waals surface area contributed by atoms with E-state index in [0.29, 0.717) is 26.2 Å². The van der Waals surface area contributed by atoms with E-state index in [1.54, 1.807) is 41.5 Å². The average Bonchev–Trinajstić information content (AvgIpc) is 3.18. The molecule has 0 bridgehead atoms. The molecule has 2 atom stereocenters. The number of hydrogen-bond donors (Lipinski definition) is 4. The van der Waals surface area contributed by atoms with Crippen LogP contribution in [0.3, 0.4) is 0 Å². The van der Waals surface area contributed by atoms with Crippen molar-refractivity contribution in [2.24, 2.45) is 0 Å². The summed E-state index contributed by atoms with van der Waals surface area (Å²) in [7, 11) is -7.35. The van der Waals surface area contributed by atoms with Crippen molar-refractivity contribution in [3.8, 4) is 23.7 Å². The molecule has 2 fully saturated rings. The smallest absolute Gasteiger partial charge is 0.244 e. The number of rotatable bonds is 8. The molecule has 58 heavy (non-hydrogen) atoms. The number of nitrogens with zero attached hydrogens (tertiary/aromatic N) is 6. The van der Waals surface area contributed by atoms with Gasteiger partial charge in [-0.05, 0) is 101 Å². The van der Waals surface area contributed by atoms with E-state index in [0.717, 1.165) is 22.5 Å². The molecule has 0 saturated carbocycles. The molecule has 0 amide bonds. The molecule has 2 aliphatic rings. The van der Waals surface area contributed by atoms with Crippen LogP contribution >= 0.6 is 0 Å². The predicted molar refractivity (Wildman–Crippen MR) is 227 cm³/mol. The molecular weight excluding hydrogens is 777 g/mol. The maximum atomic E-state index is 13.0. The third-order valence-corrected chi connectivity index (χ3v) is 13.6. The van der Waals surface area contributed by atoms with Crippen molar-refractivity contribution < 1.29 is 27.0 Å². The van der Waals surface area contributed by atoms with Crippen molar-refractivity contribution in [3.05, 3.63) is 96.3 Å². The van der Waals surface area contributed by atoms with E-state index in [1.807, 2.05) is 48.5 Å². The van der Waals surface area contributed by atoms with Gasteiger partial charge in [-0.1, -0.05) is 36.1 Å². The van der Waals surface area contributed by atoms with E-state index in [9.17, 15) is 27.0 Å². The van der Waals surface area contributed by atoms with E-state index in [4.69, 9.17) is 11.5 Å². The average molecular weight is 829 g/mol. The minimum Gasteiger partial charge on any atom is -0.386 e. The Morgan fingerprint density at radius 1 is 0.586 bits per heavy atom. The fourth-order valence-corrected chi connectivity index (χ4v) is 9.43. The summed E-state index contributed by atoms with van der Waals surface area (Å²) in [6.07, 6.45) is 2.57. The van der Waals surface area contributed by atoms with E-state index in [2.05, 4.69) is 43.4 Å². The van der Waals surface area contributed by atoms with Gasteiger partial charge in [-0.25, -0.2) is 26.8 Å². The highest BCUT2D eigenvalue weighted by Crippen LogP contribution is 2.29. The van der Waals surface area contributed by atoms with Gasteiger partial charge in [0.25, 0.3) is 0 Å². The highest BCUT2D eigenvalue weighted by molar-refractivity contribution is 7.89. The zero-order valence-corrected chi connectivity index (χ0v) is 35.3. The standard InChI is InChI=1S/2C21H26N4O3S/c2*1-4-5-18-15-24(29(27,28)19-10-11-20(22)23-14-19)12-13-25(18)17-8-6-16(7-9-17)21(2,3)26/h2*6-11,14,18,26H,12-13,15H2,1-3H3,(H2,22,23)/t2*18-/m10/s1. The van der Waals surface area contributed by atoms with E-state index >= 15 is 0 Å². The molecule has 4 heterocycles. The summed E-state index contributed by atoms with van der Waals surface area (Å²) in [5, 5.41) is 20.3. The zero-order valence-electron chi connectivity index (χ0n) is 33.7. The summed E-state index contributed by atoms with van der Waals surface area (Å²) in [5.41, 5.74) is 12.8. The number of sulfonamides is 2. The fourth-order valence-electron chi connectivity index (χ4n) is 6.66. The molecule has 2 saturated heterocycles. The van der Waals surface area contributed by atoms with Gasteiger partial charge in [-0.15, -0.1) is 11.8 Å². The summed E-state index contributed by atoms with van der Waals surface area (Å²) >= 11 is 0. The van der Waals surface area contributed by atoms with Crippen LogP contribution in [0, 0.1) is 23.7 Å². The van der Waals surface area contributed by atoms with Crippen molar-refractivity contribution in [1.29, 1.82) is 0 Å². The van der Waals surface area contributed by atoms with Gasteiger partial charge in [0.15, 0.2) is 0 Å². The highest BCUT2D eigenvalue weighted by atomic mass is 32.2. The summed E-state index contributed by atoms with van der Waals surface area (Å²) in [5.74, 6) is 12.6. The maximum absolute atomic E-state index is 13.0. The third kappa shape index (κ3) is 10.3. The fraction of sp³-hybridized carbons (Fsp3) is 0.381. The number of aromatic nitrogens is 2. The zero-order chi connectivity index (χ0) is 42.5. The summed E-state index contributed by atoms with van der Waals surface area (Å²) in [6.45, 7) is 12.6. The van der Waals surface area contributed by atoms with Crippen LogP contribution in [0.5, 0.6) is 0 Å². The molecule has 2 aliphatic heterocycles. The van der Waals surface area contributed by atoms with Gasteiger partial charge in [0.2, 0.25) is 20.0 Å². The van der Waals surface area contributed by atoms with Crippen molar-refractivity contribution >= 4 is 43.1 Å². The Morgan fingerprint density at radius 2 is 0.931 bits per heavy atom. The minimum atomic E-state index is -3.67. The number of aliphatic hydroxyl groups is 2. The second-order valence-electron chi connectivity index (χ2n) is 15.0. The first-order valence-corrected chi connectivity index (χ1v) is 21.6. The molecule has 0 aliphatic carbocycles. The Bertz CT molecular complexity index is 2200. The molecule has 16 heteroatoms. The van der Waals surface area contributed by atoms with Crippen LogP contribution in [-0.2, 0) is 31.2 Å². The van der Waals surface area contributed by atoms with Gasteiger partial charge in [-0.2, -0.15) is 8.61 Å². The Labute approximate surface area is 342 Å². The molecule has 2 aromatic heterocycles. The van der Waals surface area contributed by atoms with Gasteiger partial charge in [-0.3, -0.25) is 0 Å². The molecule has 2 aromatic carbocycles. The summed E-state index contributed by atoms with van der Waals surface area (Å²) in [4.78, 5) is 12.2. The number of pyridine rings is 2. The molecule has 0 spiro atoms. The SMILES string of the molecule is CC#C[C@@H]1CN(S(=O)(=O)c2ccc(N)nc2)CCN1c1ccc(C(C)(C)O)cc1.CC#C[C@H]1CN(S(=O)(=O)c2ccc(N)nc2)CCN1c1ccc(C(C)(C)O)cc1. The molecule has 0 radical (unpaired) electrons. The second kappa shape index (κ2) is 17.7. The summed E-state index contributed by atoms with van der Waals surface area (Å²) in [6, 6.07) is 20.6. The minimum absolute atomic E-state index is 0.123. The summed E-state index contributed by atoms with van der Waals surface area (Å²) < 4.78 is 54.9. The van der Waals surface area contributed by atoms with Crippen molar-refractivity contribution in [2.75, 3.05) is 60.5 Å². The molecule has 4 aromatic rings. The first kappa shape index (κ1) is 43.9. The lowest BCUT2D eigenvalue weighted by Crippen LogP contribution is -2.54. The van der Waals surface area contributed by atoms with Gasteiger partial charge >= 0.3 is 0 Å². The molecular formula is C42H52N8O6S2. The van der Waals surface area contributed by atoms with Gasteiger partial charge in [0.05, 0.1) is 11.2 Å². The van der Waals surface area contributed by atoms with Gasteiger partial charge in [0, 0.05) is 63.0 Å². The number of nitrogen functional groups attached to an aromatic ring is 2. The number of benzene rings is 2. The Kier molecular flexibility index (Phi) is 13.4. The molecule has 14 nitrogen and oxygen atoms in total.